The number of nitrogens with one attached hydrogen (secondary N) is 2. The highest BCUT2D eigenvalue weighted by atomic mass is 35.5. The lowest BCUT2D eigenvalue weighted by molar-refractivity contribution is 0.328. The van der Waals surface area contributed by atoms with Crippen molar-refractivity contribution in [2.45, 2.75) is 26.8 Å². The monoisotopic (exact) mass is 344 g/mol. The van der Waals surface area contributed by atoms with Crippen LogP contribution in [0.3, 0.4) is 0 Å². The molecule has 0 aliphatic rings. The number of allylic oxidation sites excluding steroid dienone is 1. The lowest BCUT2D eigenvalue weighted by atomic mass is 10.1. The molecule has 6 heteroatoms. The number of rotatable bonds is 7. The minimum atomic E-state index is 0.156. The molecule has 2 heterocycles. The quantitative estimate of drug-likeness (QED) is 0.722. The Morgan fingerprint density at radius 3 is 2.88 bits per heavy atom. The average molecular weight is 345 g/mol. The number of halogens is 1. The molecule has 5 nitrogen and oxygen atoms in total. The molecule has 0 amide bonds. The summed E-state index contributed by atoms with van der Waals surface area (Å²) in [7, 11) is 0. The van der Waals surface area contributed by atoms with Crippen LogP contribution in [0.4, 0.5) is 5.69 Å². The molecule has 0 fully saturated rings. The zero-order valence-corrected chi connectivity index (χ0v) is 14.8. The molecule has 0 saturated carbocycles. The largest absolute Gasteiger partial charge is 0.477 e. The molecular weight excluding hydrogens is 324 g/mol. The van der Waals surface area contributed by atoms with Gasteiger partial charge in [-0.1, -0.05) is 18.2 Å². The highest BCUT2D eigenvalue weighted by Crippen LogP contribution is 2.34. The van der Waals surface area contributed by atoms with Crippen LogP contribution in [-0.2, 0) is 0 Å². The number of hydrogen-bond donors (Lipinski definition) is 2. The van der Waals surface area contributed by atoms with Crippen molar-refractivity contribution in [3.63, 3.8) is 0 Å². The van der Waals surface area contributed by atoms with E-state index >= 15 is 0 Å². The molecule has 2 rings (SSSR count). The molecule has 2 aromatic rings. The van der Waals surface area contributed by atoms with Gasteiger partial charge in [-0.2, -0.15) is 0 Å². The molecule has 0 saturated heterocycles. The van der Waals surface area contributed by atoms with E-state index in [9.17, 15) is 0 Å². The Morgan fingerprint density at radius 1 is 1.50 bits per heavy atom. The van der Waals surface area contributed by atoms with Crippen molar-refractivity contribution in [3.8, 4) is 17.1 Å². The SMILES string of the molecule is C=CC(=N)c1nc(-c2cccnc2OCC)cc(Cl)c1NC(C)C. The van der Waals surface area contributed by atoms with Gasteiger partial charge >= 0.3 is 0 Å². The molecule has 0 spiro atoms. The van der Waals surface area contributed by atoms with Gasteiger partial charge < -0.3 is 10.1 Å². The fourth-order valence-corrected chi connectivity index (χ4v) is 2.45. The van der Waals surface area contributed by atoms with Crippen LogP contribution in [0.15, 0.2) is 37.1 Å². The Bertz CT molecular complexity index is 759. The molecule has 0 bridgehead atoms. The van der Waals surface area contributed by atoms with Gasteiger partial charge in [0.1, 0.15) is 5.69 Å². The van der Waals surface area contributed by atoms with Gasteiger partial charge in [0.2, 0.25) is 5.88 Å². The highest BCUT2D eigenvalue weighted by molar-refractivity contribution is 6.34. The van der Waals surface area contributed by atoms with Gasteiger partial charge in [-0.15, -0.1) is 0 Å². The third kappa shape index (κ3) is 3.92. The van der Waals surface area contributed by atoms with Crippen LogP contribution in [0.25, 0.3) is 11.3 Å². The van der Waals surface area contributed by atoms with E-state index in [1.165, 1.54) is 6.08 Å². The molecule has 0 atom stereocenters. The van der Waals surface area contributed by atoms with E-state index in [1.807, 2.05) is 32.9 Å². The van der Waals surface area contributed by atoms with Gasteiger partial charge in [0.15, 0.2) is 0 Å². The summed E-state index contributed by atoms with van der Waals surface area (Å²) in [6.45, 7) is 10.1. The Balaban J connectivity index is 2.63. The third-order valence-electron chi connectivity index (χ3n) is 3.19. The summed E-state index contributed by atoms with van der Waals surface area (Å²) in [5.74, 6) is 0.490. The summed E-state index contributed by atoms with van der Waals surface area (Å²) < 4.78 is 5.57. The second kappa shape index (κ2) is 7.93. The Kier molecular flexibility index (Phi) is 5.93. The summed E-state index contributed by atoms with van der Waals surface area (Å²) in [4.78, 5) is 8.85. The van der Waals surface area contributed by atoms with Crippen LogP contribution in [-0.4, -0.2) is 28.3 Å². The van der Waals surface area contributed by atoms with Crippen molar-refractivity contribution >= 4 is 23.0 Å². The van der Waals surface area contributed by atoms with E-state index in [-0.39, 0.29) is 11.8 Å². The first-order valence-electron chi connectivity index (χ1n) is 7.74. The predicted molar refractivity (Wildman–Crippen MR) is 99.4 cm³/mol. The lowest BCUT2D eigenvalue weighted by Gasteiger charge is -2.17. The molecule has 0 unspecified atom stereocenters. The zero-order valence-electron chi connectivity index (χ0n) is 14.1. The minimum Gasteiger partial charge on any atom is -0.477 e. The van der Waals surface area contributed by atoms with Crippen LogP contribution in [0, 0.1) is 5.41 Å². The van der Waals surface area contributed by atoms with E-state index < -0.39 is 0 Å². The molecule has 0 aromatic carbocycles. The van der Waals surface area contributed by atoms with Gasteiger partial charge in [0.25, 0.3) is 0 Å². The van der Waals surface area contributed by atoms with Crippen molar-refractivity contribution in [2.75, 3.05) is 11.9 Å². The second-order valence-electron chi connectivity index (χ2n) is 5.42. The van der Waals surface area contributed by atoms with Gasteiger partial charge in [0, 0.05) is 12.2 Å². The molecule has 126 valence electrons. The summed E-state index contributed by atoms with van der Waals surface area (Å²) >= 11 is 6.46. The van der Waals surface area contributed by atoms with E-state index in [0.29, 0.717) is 34.6 Å². The second-order valence-corrected chi connectivity index (χ2v) is 5.83. The van der Waals surface area contributed by atoms with Crippen molar-refractivity contribution in [3.05, 3.63) is 47.8 Å². The topological polar surface area (TPSA) is 70.9 Å². The maximum atomic E-state index is 8.13. The molecule has 0 radical (unpaired) electrons. The number of pyridine rings is 2. The smallest absolute Gasteiger partial charge is 0.222 e. The normalized spacial score (nSPS) is 10.5. The Morgan fingerprint density at radius 2 is 2.25 bits per heavy atom. The predicted octanol–water partition coefficient (Wildman–Crippen LogP) is 4.57. The molecule has 2 N–H and O–H groups in total. The number of anilines is 1. The zero-order chi connectivity index (χ0) is 17.7. The molecule has 0 aliphatic heterocycles. The molecule has 24 heavy (non-hydrogen) atoms. The van der Waals surface area contributed by atoms with E-state index in [1.54, 1.807) is 12.3 Å². The van der Waals surface area contributed by atoms with Crippen molar-refractivity contribution in [1.82, 2.24) is 9.97 Å². The number of hydrogen-bond acceptors (Lipinski definition) is 5. The first-order valence-corrected chi connectivity index (χ1v) is 8.12. The standard InChI is InChI=1S/C18H21ClN4O/c1-5-14(20)17-16(22-11(3)4)13(19)10-15(23-17)12-8-7-9-21-18(12)24-6-2/h5,7-11,20,22H,1,6H2,2-4H3. The average Bonchev–Trinajstić information content (AvgIpc) is 2.56. The molecule has 0 aliphatic carbocycles. The van der Waals surface area contributed by atoms with Crippen LogP contribution in [0.2, 0.25) is 5.02 Å². The lowest BCUT2D eigenvalue weighted by Crippen LogP contribution is -2.15. The van der Waals surface area contributed by atoms with E-state index in [0.717, 1.165) is 5.56 Å². The van der Waals surface area contributed by atoms with Crippen LogP contribution >= 0.6 is 11.6 Å². The highest BCUT2D eigenvalue weighted by Gasteiger charge is 2.18. The van der Waals surface area contributed by atoms with Gasteiger partial charge in [-0.3, -0.25) is 5.41 Å². The first-order chi connectivity index (χ1) is 11.5. The van der Waals surface area contributed by atoms with Crippen LogP contribution in [0.5, 0.6) is 5.88 Å². The fraction of sp³-hybridized carbons (Fsp3) is 0.278. The maximum Gasteiger partial charge on any atom is 0.222 e. The fourth-order valence-electron chi connectivity index (χ4n) is 2.21. The van der Waals surface area contributed by atoms with Crippen molar-refractivity contribution in [2.24, 2.45) is 0 Å². The summed E-state index contributed by atoms with van der Waals surface area (Å²) in [6, 6.07) is 5.59. The summed E-state index contributed by atoms with van der Waals surface area (Å²) in [5.41, 5.74) is 2.61. The van der Waals surface area contributed by atoms with Crippen LogP contribution < -0.4 is 10.1 Å². The Labute approximate surface area is 147 Å². The minimum absolute atomic E-state index is 0.156. The van der Waals surface area contributed by atoms with Crippen molar-refractivity contribution in [1.29, 1.82) is 5.41 Å². The van der Waals surface area contributed by atoms with Crippen molar-refractivity contribution < 1.29 is 4.74 Å². The van der Waals surface area contributed by atoms with Gasteiger partial charge in [-0.25, -0.2) is 9.97 Å². The molecular formula is C18H21ClN4O. The van der Waals surface area contributed by atoms with Crippen LogP contribution in [0.1, 0.15) is 26.5 Å². The first kappa shape index (κ1) is 17.9. The van der Waals surface area contributed by atoms with Gasteiger partial charge in [0.05, 0.1) is 34.3 Å². The Hall–Kier alpha value is -2.40. The summed E-state index contributed by atoms with van der Waals surface area (Å²) in [6.07, 6.45) is 3.11. The maximum absolute atomic E-state index is 8.13. The number of nitrogens with zero attached hydrogens (tertiary/aromatic N) is 2. The van der Waals surface area contributed by atoms with E-state index in [4.69, 9.17) is 21.7 Å². The van der Waals surface area contributed by atoms with Gasteiger partial charge in [-0.05, 0) is 45.0 Å². The molecule has 2 aromatic heterocycles. The number of ether oxygens (including phenoxy) is 1. The summed E-state index contributed by atoms with van der Waals surface area (Å²) in [5, 5.41) is 11.9. The van der Waals surface area contributed by atoms with E-state index in [2.05, 4.69) is 21.9 Å². The number of aromatic nitrogens is 2. The third-order valence-corrected chi connectivity index (χ3v) is 3.49.